The Balaban J connectivity index is 2.60. The van der Waals surface area contributed by atoms with Crippen molar-refractivity contribution < 1.29 is 13.6 Å². The van der Waals surface area contributed by atoms with E-state index >= 15 is 0 Å². The number of hydrogen-bond donors (Lipinski definition) is 2. The van der Waals surface area contributed by atoms with Crippen LogP contribution in [0.3, 0.4) is 0 Å². The number of nitrogens with one attached hydrogen (secondary N) is 2. The Bertz CT molecular complexity index is 418. The average molecular weight is 284 g/mol. The third-order valence-corrected chi connectivity index (χ3v) is 3.05. The molecule has 0 radical (unpaired) electrons. The Labute approximate surface area is 118 Å². The van der Waals surface area contributed by atoms with Gasteiger partial charge in [-0.1, -0.05) is 38.1 Å². The van der Waals surface area contributed by atoms with Crippen molar-refractivity contribution in [2.24, 2.45) is 5.92 Å². The summed E-state index contributed by atoms with van der Waals surface area (Å²) in [5.74, 6) is 0.342. The van der Waals surface area contributed by atoms with Gasteiger partial charge in [-0.15, -0.1) is 0 Å². The van der Waals surface area contributed by atoms with Crippen LogP contribution in [0.15, 0.2) is 24.3 Å². The summed E-state index contributed by atoms with van der Waals surface area (Å²) >= 11 is 0. The van der Waals surface area contributed by atoms with Crippen LogP contribution in [0, 0.1) is 5.92 Å². The van der Waals surface area contributed by atoms with Gasteiger partial charge in [-0.2, -0.15) is 0 Å². The molecule has 5 heteroatoms. The summed E-state index contributed by atoms with van der Waals surface area (Å²) in [7, 11) is 1.61. The Morgan fingerprint density at radius 3 is 2.25 bits per heavy atom. The molecule has 112 valence electrons. The van der Waals surface area contributed by atoms with Crippen molar-refractivity contribution in [3.05, 3.63) is 35.4 Å². The van der Waals surface area contributed by atoms with E-state index in [-0.39, 0.29) is 17.5 Å². The van der Waals surface area contributed by atoms with Gasteiger partial charge >= 0.3 is 0 Å². The minimum atomic E-state index is -2.45. The van der Waals surface area contributed by atoms with Crippen LogP contribution in [0.2, 0.25) is 0 Å². The maximum Gasteiger partial charge on any atom is 0.263 e. The molecule has 1 rings (SSSR count). The largest absolute Gasteiger partial charge is 0.358 e. The molecule has 0 fully saturated rings. The van der Waals surface area contributed by atoms with E-state index in [1.807, 2.05) is 0 Å². The Hall–Kier alpha value is -1.49. The van der Waals surface area contributed by atoms with Gasteiger partial charge in [0, 0.05) is 19.2 Å². The third-order valence-electron chi connectivity index (χ3n) is 3.05. The van der Waals surface area contributed by atoms with Gasteiger partial charge in [-0.05, 0) is 17.9 Å². The molecule has 0 heterocycles. The van der Waals surface area contributed by atoms with Crippen molar-refractivity contribution in [2.75, 3.05) is 7.05 Å². The first-order valence-electron chi connectivity index (χ1n) is 6.76. The average Bonchev–Trinajstić information content (AvgIpc) is 2.42. The highest BCUT2D eigenvalue weighted by Gasteiger charge is 2.17. The summed E-state index contributed by atoms with van der Waals surface area (Å²) < 4.78 is 24.9. The van der Waals surface area contributed by atoms with Crippen molar-refractivity contribution in [3.63, 3.8) is 0 Å². The van der Waals surface area contributed by atoms with Crippen molar-refractivity contribution in [1.82, 2.24) is 10.6 Å². The summed E-state index contributed by atoms with van der Waals surface area (Å²) in [4.78, 5) is 11.7. The van der Waals surface area contributed by atoms with E-state index in [0.717, 1.165) is 12.0 Å². The molecule has 0 aliphatic rings. The van der Waals surface area contributed by atoms with Gasteiger partial charge in [0.05, 0.1) is 6.04 Å². The van der Waals surface area contributed by atoms with E-state index in [9.17, 15) is 13.6 Å². The molecule has 0 aromatic heterocycles. The second-order valence-corrected chi connectivity index (χ2v) is 5.22. The normalized spacial score (nSPS) is 12.8. The van der Waals surface area contributed by atoms with Gasteiger partial charge in [0.2, 0.25) is 5.91 Å². The SMILES string of the molecule is CNC(=O)C(CC(C)C)NCc1ccc(C(F)F)cc1. The van der Waals surface area contributed by atoms with Gasteiger partial charge in [0.25, 0.3) is 6.43 Å². The van der Waals surface area contributed by atoms with Crippen LogP contribution in [-0.2, 0) is 11.3 Å². The van der Waals surface area contributed by atoms with Crippen LogP contribution in [0.5, 0.6) is 0 Å². The second-order valence-electron chi connectivity index (χ2n) is 5.22. The van der Waals surface area contributed by atoms with Gasteiger partial charge < -0.3 is 10.6 Å². The van der Waals surface area contributed by atoms with Gasteiger partial charge in [-0.25, -0.2) is 8.78 Å². The number of amides is 1. The predicted molar refractivity (Wildman–Crippen MR) is 75.5 cm³/mol. The zero-order valence-corrected chi connectivity index (χ0v) is 12.1. The molecule has 20 heavy (non-hydrogen) atoms. The molecule has 0 aliphatic carbocycles. The fraction of sp³-hybridized carbons (Fsp3) is 0.533. The first-order valence-corrected chi connectivity index (χ1v) is 6.76. The number of hydrogen-bond acceptors (Lipinski definition) is 2. The fourth-order valence-electron chi connectivity index (χ4n) is 1.95. The smallest absolute Gasteiger partial charge is 0.263 e. The van der Waals surface area contributed by atoms with Crippen LogP contribution in [0.25, 0.3) is 0 Å². The lowest BCUT2D eigenvalue weighted by molar-refractivity contribution is -0.123. The number of likely N-dealkylation sites (N-methyl/N-ethyl adjacent to an activating group) is 1. The maximum absolute atomic E-state index is 12.4. The summed E-state index contributed by atoms with van der Waals surface area (Å²) in [6.07, 6.45) is -1.72. The molecule has 3 nitrogen and oxygen atoms in total. The highest BCUT2D eigenvalue weighted by atomic mass is 19.3. The lowest BCUT2D eigenvalue weighted by atomic mass is 10.0. The third kappa shape index (κ3) is 5.25. The first kappa shape index (κ1) is 16.6. The minimum Gasteiger partial charge on any atom is -0.358 e. The quantitative estimate of drug-likeness (QED) is 0.808. The summed E-state index contributed by atoms with van der Waals surface area (Å²) in [5.41, 5.74) is 0.894. The van der Waals surface area contributed by atoms with Crippen molar-refractivity contribution in [1.29, 1.82) is 0 Å². The van der Waals surface area contributed by atoms with E-state index in [0.29, 0.717) is 12.5 Å². The number of alkyl halides is 2. The monoisotopic (exact) mass is 284 g/mol. The number of benzene rings is 1. The number of carbonyl (C=O) groups is 1. The molecule has 0 spiro atoms. The molecule has 1 atom stereocenters. The highest BCUT2D eigenvalue weighted by Crippen LogP contribution is 2.18. The van der Waals surface area contributed by atoms with Gasteiger partial charge in [-0.3, -0.25) is 4.79 Å². The molecule has 1 aromatic carbocycles. The van der Waals surface area contributed by atoms with Crippen LogP contribution >= 0.6 is 0 Å². The minimum absolute atomic E-state index is 0.0128. The molecular formula is C15H22F2N2O. The van der Waals surface area contributed by atoms with Crippen LogP contribution in [-0.4, -0.2) is 19.0 Å². The summed E-state index contributed by atoms with van der Waals surface area (Å²) in [5, 5.41) is 5.80. The predicted octanol–water partition coefficient (Wildman–Crippen LogP) is 2.87. The standard InChI is InChI=1S/C15H22F2N2O/c1-10(2)8-13(15(20)18-3)19-9-11-4-6-12(7-5-11)14(16)17/h4-7,10,13-14,19H,8-9H2,1-3H3,(H,18,20). The summed E-state index contributed by atoms with van der Waals surface area (Å²) in [6, 6.07) is 5.88. The highest BCUT2D eigenvalue weighted by molar-refractivity contribution is 5.81. The number of halogens is 2. The molecule has 0 saturated carbocycles. The maximum atomic E-state index is 12.4. The number of rotatable bonds is 7. The zero-order chi connectivity index (χ0) is 15.1. The van der Waals surface area contributed by atoms with E-state index < -0.39 is 6.43 Å². The van der Waals surface area contributed by atoms with Gasteiger partial charge in [0.1, 0.15) is 0 Å². The zero-order valence-electron chi connectivity index (χ0n) is 12.1. The van der Waals surface area contributed by atoms with E-state index in [1.165, 1.54) is 12.1 Å². The molecular weight excluding hydrogens is 262 g/mol. The fourth-order valence-corrected chi connectivity index (χ4v) is 1.95. The molecule has 2 N–H and O–H groups in total. The Morgan fingerprint density at radius 1 is 1.20 bits per heavy atom. The van der Waals surface area contributed by atoms with Crippen LogP contribution in [0.4, 0.5) is 8.78 Å². The lowest BCUT2D eigenvalue weighted by Crippen LogP contribution is -2.43. The molecule has 0 bridgehead atoms. The molecule has 0 saturated heterocycles. The van der Waals surface area contributed by atoms with Gasteiger partial charge in [0.15, 0.2) is 0 Å². The van der Waals surface area contributed by atoms with Crippen LogP contribution < -0.4 is 10.6 Å². The van der Waals surface area contributed by atoms with E-state index in [1.54, 1.807) is 19.2 Å². The van der Waals surface area contributed by atoms with Crippen molar-refractivity contribution in [2.45, 2.75) is 39.3 Å². The Kier molecular flexibility index (Phi) is 6.58. The molecule has 1 aromatic rings. The number of carbonyl (C=O) groups excluding carboxylic acids is 1. The van der Waals surface area contributed by atoms with Crippen molar-refractivity contribution in [3.8, 4) is 0 Å². The molecule has 0 aliphatic heterocycles. The summed E-state index contributed by atoms with van der Waals surface area (Å²) in [6.45, 7) is 4.58. The lowest BCUT2D eigenvalue weighted by Gasteiger charge is -2.19. The molecule has 1 amide bonds. The van der Waals surface area contributed by atoms with E-state index in [2.05, 4.69) is 24.5 Å². The Morgan fingerprint density at radius 2 is 1.80 bits per heavy atom. The van der Waals surface area contributed by atoms with E-state index in [4.69, 9.17) is 0 Å². The second kappa shape index (κ2) is 7.94. The topological polar surface area (TPSA) is 41.1 Å². The first-order chi connectivity index (χ1) is 9.43. The molecule has 1 unspecified atom stereocenters. The van der Waals surface area contributed by atoms with Crippen LogP contribution in [0.1, 0.15) is 37.8 Å². The van der Waals surface area contributed by atoms with Crippen molar-refractivity contribution >= 4 is 5.91 Å².